The third-order valence-corrected chi connectivity index (χ3v) is 5.52. The Kier molecular flexibility index (Phi) is 7.81. The van der Waals surface area contributed by atoms with E-state index in [0.29, 0.717) is 5.75 Å². The molecule has 0 spiro atoms. The van der Waals surface area contributed by atoms with Gasteiger partial charge in [-0.15, -0.1) is 11.8 Å². The molecule has 0 aliphatic heterocycles. The maximum atomic E-state index is 11.7. The number of aliphatic imine (C=N–C) groups is 1. The molecule has 0 heterocycles. The van der Waals surface area contributed by atoms with E-state index in [0.717, 1.165) is 21.2 Å². The SMILES string of the molecule is CS/C(=N\c1ccccc1)SCc1ccccc1/C(=C\N(C)C)C(=O)O. The van der Waals surface area contributed by atoms with Crippen molar-refractivity contribution in [3.63, 3.8) is 0 Å². The Hall–Kier alpha value is -2.18. The summed E-state index contributed by atoms with van der Waals surface area (Å²) in [6.45, 7) is 0. The topological polar surface area (TPSA) is 52.9 Å². The molecular weight excluding hydrogens is 364 g/mol. The number of aliphatic carboxylic acids is 1. The molecule has 0 bridgehead atoms. The first-order valence-electron chi connectivity index (χ1n) is 8.01. The second-order valence-electron chi connectivity index (χ2n) is 5.67. The lowest BCUT2D eigenvalue weighted by Crippen LogP contribution is -2.09. The van der Waals surface area contributed by atoms with Gasteiger partial charge in [-0.25, -0.2) is 9.79 Å². The molecule has 2 aromatic rings. The minimum Gasteiger partial charge on any atom is -0.478 e. The number of carboxylic acids is 1. The monoisotopic (exact) mass is 386 g/mol. The highest BCUT2D eigenvalue weighted by molar-refractivity contribution is 8.38. The predicted molar refractivity (Wildman–Crippen MR) is 114 cm³/mol. The van der Waals surface area contributed by atoms with Crippen molar-refractivity contribution >= 4 is 45.1 Å². The molecule has 1 N–H and O–H groups in total. The van der Waals surface area contributed by atoms with Crippen LogP contribution in [0.1, 0.15) is 11.1 Å². The number of para-hydroxylation sites is 1. The zero-order chi connectivity index (χ0) is 18.9. The fourth-order valence-electron chi connectivity index (χ4n) is 2.29. The molecule has 6 heteroatoms. The molecule has 136 valence electrons. The van der Waals surface area contributed by atoms with Crippen LogP contribution >= 0.6 is 23.5 Å². The molecule has 0 aliphatic carbocycles. The molecule has 0 saturated heterocycles. The Morgan fingerprint density at radius 1 is 1.12 bits per heavy atom. The summed E-state index contributed by atoms with van der Waals surface area (Å²) in [5.74, 6) is -0.278. The highest BCUT2D eigenvalue weighted by atomic mass is 32.2. The lowest BCUT2D eigenvalue weighted by atomic mass is 10.0. The van der Waals surface area contributed by atoms with Gasteiger partial charge in [0.15, 0.2) is 0 Å². The molecule has 0 fully saturated rings. The summed E-state index contributed by atoms with van der Waals surface area (Å²) in [5.41, 5.74) is 2.91. The molecule has 26 heavy (non-hydrogen) atoms. The van der Waals surface area contributed by atoms with Gasteiger partial charge < -0.3 is 10.0 Å². The number of hydrogen-bond acceptors (Lipinski definition) is 5. The minimum atomic E-state index is -0.931. The molecule has 0 aliphatic rings. The first-order valence-corrected chi connectivity index (χ1v) is 10.2. The van der Waals surface area contributed by atoms with Gasteiger partial charge in [-0.2, -0.15) is 0 Å². The number of rotatable bonds is 6. The summed E-state index contributed by atoms with van der Waals surface area (Å²) in [6, 6.07) is 17.4. The van der Waals surface area contributed by atoms with Crippen LogP contribution in [-0.4, -0.2) is 40.7 Å². The molecule has 4 nitrogen and oxygen atoms in total. The summed E-state index contributed by atoms with van der Waals surface area (Å²) >= 11 is 3.20. The second kappa shape index (κ2) is 10.1. The van der Waals surface area contributed by atoms with Gasteiger partial charge in [-0.3, -0.25) is 0 Å². The molecule has 0 aromatic heterocycles. The van der Waals surface area contributed by atoms with E-state index in [1.807, 2.05) is 74.9 Å². The van der Waals surface area contributed by atoms with Gasteiger partial charge in [0.05, 0.1) is 11.3 Å². The van der Waals surface area contributed by atoms with Crippen LogP contribution in [0.25, 0.3) is 5.57 Å². The van der Waals surface area contributed by atoms with Gasteiger partial charge in [-0.05, 0) is 29.5 Å². The van der Waals surface area contributed by atoms with Crippen LogP contribution in [-0.2, 0) is 10.5 Å². The van der Waals surface area contributed by atoms with E-state index >= 15 is 0 Å². The van der Waals surface area contributed by atoms with Crippen molar-refractivity contribution in [3.8, 4) is 0 Å². The van der Waals surface area contributed by atoms with Crippen LogP contribution in [0.15, 0.2) is 65.8 Å². The first kappa shape index (κ1) is 20.1. The Morgan fingerprint density at radius 3 is 2.38 bits per heavy atom. The van der Waals surface area contributed by atoms with Crippen LogP contribution < -0.4 is 0 Å². The third kappa shape index (κ3) is 5.97. The maximum Gasteiger partial charge on any atom is 0.337 e. The van der Waals surface area contributed by atoms with Crippen LogP contribution in [0.4, 0.5) is 5.69 Å². The molecule has 0 amide bonds. The zero-order valence-electron chi connectivity index (χ0n) is 15.0. The number of benzene rings is 2. The summed E-state index contributed by atoms with van der Waals surface area (Å²) in [5, 5.41) is 9.59. The number of thioether (sulfide) groups is 2. The average molecular weight is 387 g/mol. The number of hydrogen-bond donors (Lipinski definition) is 1. The predicted octanol–water partition coefficient (Wildman–Crippen LogP) is 4.96. The molecule has 0 unspecified atom stereocenters. The van der Waals surface area contributed by atoms with Crippen molar-refractivity contribution in [1.82, 2.24) is 4.90 Å². The Balaban J connectivity index is 2.25. The zero-order valence-corrected chi connectivity index (χ0v) is 16.7. The Morgan fingerprint density at radius 2 is 1.77 bits per heavy atom. The van der Waals surface area contributed by atoms with E-state index < -0.39 is 5.97 Å². The first-order chi connectivity index (χ1) is 12.5. The molecule has 0 radical (unpaired) electrons. The molecule has 0 saturated carbocycles. The summed E-state index contributed by atoms with van der Waals surface area (Å²) in [7, 11) is 3.64. The Bertz CT molecular complexity index is 802. The molecule has 2 aromatic carbocycles. The quantitative estimate of drug-likeness (QED) is 0.432. The van der Waals surface area contributed by atoms with Gasteiger partial charge in [0, 0.05) is 26.0 Å². The van der Waals surface area contributed by atoms with Gasteiger partial charge in [0.2, 0.25) is 0 Å². The van der Waals surface area contributed by atoms with E-state index in [-0.39, 0.29) is 5.57 Å². The minimum absolute atomic E-state index is 0.289. The van der Waals surface area contributed by atoms with Crippen LogP contribution in [0.5, 0.6) is 0 Å². The third-order valence-electron chi connectivity index (χ3n) is 3.43. The van der Waals surface area contributed by atoms with Gasteiger partial charge >= 0.3 is 5.97 Å². The van der Waals surface area contributed by atoms with Gasteiger partial charge in [-0.1, -0.05) is 54.2 Å². The lowest BCUT2D eigenvalue weighted by Gasteiger charge is -2.13. The van der Waals surface area contributed by atoms with Crippen molar-refractivity contribution in [3.05, 3.63) is 71.9 Å². The fourth-order valence-corrected chi connectivity index (χ4v) is 3.84. The van der Waals surface area contributed by atoms with Crippen molar-refractivity contribution in [2.45, 2.75) is 5.75 Å². The van der Waals surface area contributed by atoms with E-state index in [1.54, 1.807) is 34.6 Å². The summed E-state index contributed by atoms with van der Waals surface area (Å²) in [4.78, 5) is 18.1. The standard InChI is InChI=1S/C20H22N2O2S2/c1-22(2)13-18(19(23)24)17-12-8-7-9-15(17)14-26-20(25-3)21-16-10-5-4-6-11-16/h4-13H,14H2,1-3H3,(H,23,24)/b18-13+,21-20+. The summed E-state index contributed by atoms with van der Waals surface area (Å²) < 4.78 is 0.944. The number of nitrogens with zero attached hydrogens (tertiary/aromatic N) is 2. The van der Waals surface area contributed by atoms with Crippen molar-refractivity contribution in [2.24, 2.45) is 4.99 Å². The molecular formula is C20H22N2O2S2. The fraction of sp³-hybridized carbons (Fsp3) is 0.200. The highest BCUT2D eigenvalue weighted by Crippen LogP contribution is 2.28. The summed E-state index contributed by atoms with van der Waals surface area (Å²) in [6.07, 6.45) is 3.63. The van der Waals surface area contributed by atoms with Gasteiger partial charge in [0.1, 0.15) is 4.38 Å². The van der Waals surface area contributed by atoms with Crippen LogP contribution in [0, 0.1) is 0 Å². The Labute approximate surface area is 163 Å². The van der Waals surface area contributed by atoms with Gasteiger partial charge in [0.25, 0.3) is 0 Å². The lowest BCUT2D eigenvalue weighted by molar-refractivity contribution is -0.130. The second-order valence-corrected chi connectivity index (χ2v) is 7.69. The average Bonchev–Trinajstić information content (AvgIpc) is 2.64. The number of carboxylic acid groups (broad SMARTS) is 1. The normalized spacial score (nSPS) is 12.1. The highest BCUT2D eigenvalue weighted by Gasteiger charge is 2.15. The van der Waals surface area contributed by atoms with E-state index in [2.05, 4.69) is 4.99 Å². The van der Waals surface area contributed by atoms with E-state index in [1.165, 1.54) is 0 Å². The maximum absolute atomic E-state index is 11.7. The van der Waals surface area contributed by atoms with Crippen LogP contribution in [0.3, 0.4) is 0 Å². The molecule has 0 atom stereocenters. The van der Waals surface area contributed by atoms with Crippen molar-refractivity contribution in [1.29, 1.82) is 0 Å². The van der Waals surface area contributed by atoms with Crippen molar-refractivity contribution < 1.29 is 9.90 Å². The van der Waals surface area contributed by atoms with E-state index in [9.17, 15) is 9.90 Å². The van der Waals surface area contributed by atoms with E-state index in [4.69, 9.17) is 0 Å². The molecule has 2 rings (SSSR count). The smallest absolute Gasteiger partial charge is 0.337 e. The van der Waals surface area contributed by atoms with Crippen molar-refractivity contribution in [2.75, 3.05) is 20.4 Å². The largest absolute Gasteiger partial charge is 0.478 e. The van der Waals surface area contributed by atoms with Crippen LogP contribution in [0.2, 0.25) is 0 Å². The number of carbonyl (C=O) groups is 1.